The molecule has 0 aromatic rings. The molecule has 0 spiro atoms. The van der Waals surface area contributed by atoms with Crippen LogP contribution in [0.25, 0.3) is 0 Å². The molecule has 2 rings (SSSR count). The van der Waals surface area contributed by atoms with Crippen LogP contribution in [0.4, 0.5) is 0 Å². The summed E-state index contributed by atoms with van der Waals surface area (Å²) in [5.41, 5.74) is 2.30. The normalized spacial score (nSPS) is 28.2. The second-order valence-electron chi connectivity index (χ2n) is 4.21. The van der Waals surface area contributed by atoms with E-state index in [0.717, 1.165) is 30.1 Å². The summed E-state index contributed by atoms with van der Waals surface area (Å²) >= 11 is 0. The second kappa shape index (κ2) is 4.88. The lowest BCUT2D eigenvalue weighted by atomic mass is 9.88. The Labute approximate surface area is 95.0 Å². The minimum atomic E-state index is -0.147. The molecule has 0 saturated heterocycles. The van der Waals surface area contributed by atoms with Gasteiger partial charge in [-0.2, -0.15) is 0 Å². The summed E-state index contributed by atoms with van der Waals surface area (Å²) in [7, 11) is 0. The Bertz CT molecular complexity index is 372. The van der Waals surface area contributed by atoms with E-state index in [9.17, 15) is 9.59 Å². The second-order valence-corrected chi connectivity index (χ2v) is 4.21. The van der Waals surface area contributed by atoms with E-state index in [1.54, 1.807) is 0 Å². The van der Waals surface area contributed by atoms with Crippen LogP contribution in [-0.4, -0.2) is 12.6 Å². The van der Waals surface area contributed by atoms with Crippen molar-refractivity contribution in [2.24, 2.45) is 11.8 Å². The predicted octanol–water partition coefficient (Wildman–Crippen LogP) is 2.39. The lowest BCUT2D eigenvalue weighted by Crippen LogP contribution is -2.11. The molecule has 0 unspecified atom stereocenters. The third kappa shape index (κ3) is 2.45. The predicted molar refractivity (Wildman–Crippen MR) is 62.8 cm³/mol. The molecule has 2 nitrogen and oxygen atoms in total. The highest BCUT2D eigenvalue weighted by molar-refractivity contribution is 5.63. The van der Waals surface area contributed by atoms with Crippen molar-refractivity contribution in [1.82, 2.24) is 0 Å². The summed E-state index contributed by atoms with van der Waals surface area (Å²) in [5.74, 6) is -0.295. The molecule has 2 heteroatoms. The zero-order valence-electron chi connectivity index (χ0n) is 9.00. The molecular formula is C14H14O2. The van der Waals surface area contributed by atoms with Gasteiger partial charge in [0, 0.05) is 11.8 Å². The third-order valence-corrected chi connectivity index (χ3v) is 2.89. The van der Waals surface area contributed by atoms with Crippen LogP contribution in [0.1, 0.15) is 12.8 Å². The van der Waals surface area contributed by atoms with Gasteiger partial charge in [0.05, 0.1) is 0 Å². The molecule has 0 heterocycles. The lowest BCUT2D eigenvalue weighted by molar-refractivity contribution is -0.112. The summed E-state index contributed by atoms with van der Waals surface area (Å²) in [5, 5.41) is 0. The highest BCUT2D eigenvalue weighted by Crippen LogP contribution is 2.26. The molecule has 82 valence electrons. The number of fused-ring (bicyclic) bond motifs is 2. The molecule has 0 amide bonds. The maximum absolute atomic E-state index is 10.9. The Morgan fingerprint density at radius 1 is 0.938 bits per heavy atom. The number of carbonyl (C=O) groups is 2. The fourth-order valence-corrected chi connectivity index (χ4v) is 2.13. The van der Waals surface area contributed by atoms with Crippen LogP contribution in [-0.2, 0) is 9.59 Å². The van der Waals surface area contributed by atoms with Gasteiger partial charge in [-0.1, -0.05) is 36.5 Å². The molecule has 2 aliphatic carbocycles. The van der Waals surface area contributed by atoms with E-state index in [-0.39, 0.29) is 11.8 Å². The SMILES string of the molecule is O=C[C@H]1C=C2C=CC=CC(=C[C@H](C=O)C1)C2. The molecule has 0 aromatic carbocycles. The number of carbonyl (C=O) groups excluding carboxylic acids is 2. The third-order valence-electron chi connectivity index (χ3n) is 2.89. The largest absolute Gasteiger partial charge is 0.303 e. The van der Waals surface area contributed by atoms with Crippen LogP contribution in [0.2, 0.25) is 0 Å². The van der Waals surface area contributed by atoms with E-state index in [1.807, 2.05) is 36.5 Å². The van der Waals surface area contributed by atoms with Crippen molar-refractivity contribution in [3.05, 3.63) is 47.6 Å². The maximum Gasteiger partial charge on any atom is 0.126 e. The van der Waals surface area contributed by atoms with E-state index in [0.29, 0.717) is 6.42 Å². The standard InChI is InChI=1S/C14H14O2/c15-9-13-6-11-3-1-2-4-12(5-11)7-14(8-13)10-16/h1-4,6-7,9-10,13-14H,5,8H2/t13-,14-/m0/s1. The maximum atomic E-state index is 10.9. The topological polar surface area (TPSA) is 34.1 Å². The van der Waals surface area contributed by atoms with Crippen molar-refractivity contribution >= 4 is 12.6 Å². The molecule has 0 saturated carbocycles. The van der Waals surface area contributed by atoms with Crippen molar-refractivity contribution in [1.29, 1.82) is 0 Å². The van der Waals surface area contributed by atoms with Crippen molar-refractivity contribution in [3.63, 3.8) is 0 Å². The van der Waals surface area contributed by atoms with Gasteiger partial charge in [0.15, 0.2) is 0 Å². The van der Waals surface area contributed by atoms with Gasteiger partial charge >= 0.3 is 0 Å². The summed E-state index contributed by atoms with van der Waals surface area (Å²) in [4.78, 5) is 21.8. The van der Waals surface area contributed by atoms with Gasteiger partial charge in [0.1, 0.15) is 12.6 Å². The molecule has 0 fully saturated rings. The monoisotopic (exact) mass is 214 g/mol. The first-order valence-corrected chi connectivity index (χ1v) is 5.48. The van der Waals surface area contributed by atoms with E-state index in [1.165, 1.54) is 0 Å². The van der Waals surface area contributed by atoms with Gasteiger partial charge in [-0.05, 0) is 24.0 Å². The average Bonchev–Trinajstić information content (AvgIpc) is 2.50. The van der Waals surface area contributed by atoms with Gasteiger partial charge in [-0.25, -0.2) is 0 Å². The first-order chi connectivity index (χ1) is 7.81. The van der Waals surface area contributed by atoms with Crippen LogP contribution in [0, 0.1) is 11.8 Å². The van der Waals surface area contributed by atoms with Crippen LogP contribution in [0.15, 0.2) is 47.6 Å². The van der Waals surface area contributed by atoms with Crippen LogP contribution in [0.3, 0.4) is 0 Å². The molecule has 0 aromatic heterocycles. The van der Waals surface area contributed by atoms with Gasteiger partial charge < -0.3 is 9.59 Å². The Hall–Kier alpha value is -1.70. The summed E-state index contributed by atoms with van der Waals surface area (Å²) in [6, 6.07) is 0. The zero-order valence-corrected chi connectivity index (χ0v) is 9.00. The molecule has 2 aliphatic rings. The smallest absolute Gasteiger partial charge is 0.126 e. The van der Waals surface area contributed by atoms with Crippen molar-refractivity contribution in [3.8, 4) is 0 Å². The molecule has 0 N–H and O–H groups in total. The fourth-order valence-electron chi connectivity index (χ4n) is 2.13. The molecule has 2 bridgehead atoms. The Morgan fingerprint density at radius 2 is 1.44 bits per heavy atom. The number of allylic oxidation sites excluding steroid dienone is 8. The first kappa shape index (κ1) is 10.8. The van der Waals surface area contributed by atoms with Crippen LogP contribution < -0.4 is 0 Å². The summed E-state index contributed by atoms with van der Waals surface area (Å²) in [6.45, 7) is 0. The van der Waals surface area contributed by atoms with Crippen LogP contribution in [0.5, 0.6) is 0 Å². The fraction of sp³-hybridized carbons (Fsp3) is 0.286. The zero-order chi connectivity index (χ0) is 11.4. The minimum absolute atomic E-state index is 0.147. The highest BCUT2D eigenvalue weighted by atomic mass is 16.1. The number of rotatable bonds is 2. The van der Waals surface area contributed by atoms with Gasteiger partial charge in [-0.15, -0.1) is 0 Å². The minimum Gasteiger partial charge on any atom is -0.303 e. The first-order valence-electron chi connectivity index (χ1n) is 5.48. The number of aldehydes is 2. The Balaban J connectivity index is 2.36. The van der Waals surface area contributed by atoms with Gasteiger partial charge in [0.2, 0.25) is 0 Å². The van der Waals surface area contributed by atoms with E-state index in [4.69, 9.17) is 0 Å². The molecule has 0 aliphatic heterocycles. The molecular weight excluding hydrogens is 200 g/mol. The Kier molecular flexibility index (Phi) is 3.30. The molecule has 2 atom stereocenters. The molecule has 0 radical (unpaired) electrons. The van der Waals surface area contributed by atoms with Crippen molar-refractivity contribution < 1.29 is 9.59 Å². The summed E-state index contributed by atoms with van der Waals surface area (Å²) in [6.07, 6.45) is 15.2. The van der Waals surface area contributed by atoms with Crippen molar-refractivity contribution in [2.45, 2.75) is 12.8 Å². The Morgan fingerprint density at radius 3 is 1.88 bits per heavy atom. The lowest BCUT2D eigenvalue weighted by Gasteiger charge is -2.15. The van der Waals surface area contributed by atoms with E-state index in [2.05, 4.69) is 0 Å². The highest BCUT2D eigenvalue weighted by Gasteiger charge is 2.16. The summed E-state index contributed by atoms with van der Waals surface area (Å²) < 4.78 is 0. The van der Waals surface area contributed by atoms with Gasteiger partial charge in [0.25, 0.3) is 0 Å². The van der Waals surface area contributed by atoms with Crippen molar-refractivity contribution in [2.75, 3.05) is 0 Å². The number of hydrogen-bond acceptors (Lipinski definition) is 2. The van der Waals surface area contributed by atoms with Gasteiger partial charge in [-0.3, -0.25) is 0 Å². The van der Waals surface area contributed by atoms with Crippen LogP contribution >= 0.6 is 0 Å². The van der Waals surface area contributed by atoms with E-state index < -0.39 is 0 Å². The average molecular weight is 214 g/mol. The quantitative estimate of drug-likeness (QED) is 0.661. The van der Waals surface area contributed by atoms with E-state index >= 15 is 0 Å². The molecule has 16 heavy (non-hydrogen) atoms. The number of hydrogen-bond donors (Lipinski definition) is 0.